The van der Waals surface area contributed by atoms with Gasteiger partial charge in [0, 0.05) is 60.6 Å². The van der Waals surface area contributed by atoms with E-state index in [2.05, 4.69) is 5.32 Å². The van der Waals surface area contributed by atoms with E-state index in [1.165, 1.54) is 12.1 Å². The van der Waals surface area contributed by atoms with Gasteiger partial charge in [0.15, 0.2) is 0 Å². The molecule has 1 aromatic heterocycles. The molecule has 4 unspecified atom stereocenters. The van der Waals surface area contributed by atoms with Gasteiger partial charge in [0.1, 0.15) is 5.76 Å². The van der Waals surface area contributed by atoms with Gasteiger partial charge in [0.2, 0.25) is 5.91 Å². The summed E-state index contributed by atoms with van der Waals surface area (Å²) >= 11 is 0. The predicted molar refractivity (Wildman–Crippen MR) is 127 cm³/mol. The van der Waals surface area contributed by atoms with Crippen LogP contribution >= 0.6 is 0 Å². The van der Waals surface area contributed by atoms with Crippen LogP contribution in [0.15, 0.2) is 34.7 Å². The van der Waals surface area contributed by atoms with E-state index in [-0.39, 0.29) is 41.8 Å². The molecule has 2 aliphatic rings. The lowest BCUT2D eigenvalue weighted by molar-refractivity contribution is -0.152. The summed E-state index contributed by atoms with van der Waals surface area (Å²) in [6.45, 7) is 2.48. The van der Waals surface area contributed by atoms with Crippen molar-refractivity contribution in [3.8, 4) is 11.3 Å². The van der Waals surface area contributed by atoms with E-state index in [1.807, 2.05) is 24.0 Å². The lowest BCUT2D eigenvalue weighted by Gasteiger charge is -2.46. The summed E-state index contributed by atoms with van der Waals surface area (Å²) in [5.74, 6) is -1.24. The highest BCUT2D eigenvalue weighted by molar-refractivity contribution is 6.10. The highest BCUT2D eigenvalue weighted by atomic mass is 19.1. The zero-order valence-electron chi connectivity index (χ0n) is 19.6. The monoisotopic (exact) mass is 469 g/mol. The average Bonchev–Trinajstić information content (AvgIpc) is 3.28. The number of halogens is 1. The number of nitrogens with zero attached hydrogens (tertiary/aromatic N) is 1. The van der Waals surface area contributed by atoms with E-state index in [4.69, 9.17) is 9.83 Å². The number of anilines is 1. The third kappa shape index (κ3) is 4.58. The van der Waals surface area contributed by atoms with Crippen LogP contribution in [-0.4, -0.2) is 47.2 Å². The molecule has 1 amide bonds. The number of amides is 1. The average molecular weight is 470 g/mol. The van der Waals surface area contributed by atoms with Crippen molar-refractivity contribution in [3.05, 3.63) is 41.9 Å². The zero-order valence-corrected chi connectivity index (χ0v) is 19.6. The van der Waals surface area contributed by atoms with Crippen molar-refractivity contribution in [2.24, 2.45) is 17.8 Å². The minimum atomic E-state index is -0.760. The molecular formula is C26H32FN3O4. The Morgan fingerprint density at radius 1 is 1.24 bits per heavy atom. The summed E-state index contributed by atoms with van der Waals surface area (Å²) in [6.07, 6.45) is 4.13. The van der Waals surface area contributed by atoms with Crippen molar-refractivity contribution in [1.29, 1.82) is 5.41 Å². The number of hydrogen-bond donors (Lipinski definition) is 3. The topological polar surface area (TPSA) is 107 Å². The standard InChI is InChI=1S/C26H32FN3O4/c1-15(14-23(31)30-13-5-8-16-17(26(32)33)6-4-10-20(16)30)25(28)24-18(7-3-9-19(24)29-2)21-11-12-22(27)34-21/h3,7,9,11-12,15-17,20,28-29H,4-6,8,10,13-14H2,1-2H3,(H,32,33). The normalized spacial score (nSPS) is 23.1. The smallest absolute Gasteiger partial charge is 0.306 e. The molecule has 34 heavy (non-hydrogen) atoms. The van der Waals surface area contributed by atoms with E-state index < -0.39 is 12.0 Å². The molecule has 0 radical (unpaired) electrons. The Kier molecular flexibility index (Phi) is 7.05. The Labute approximate surface area is 198 Å². The lowest BCUT2D eigenvalue weighted by Crippen LogP contribution is -2.53. The van der Waals surface area contributed by atoms with E-state index in [0.717, 1.165) is 25.7 Å². The predicted octanol–water partition coefficient (Wildman–Crippen LogP) is 5.01. The second-order valence-corrected chi connectivity index (χ2v) is 9.44. The van der Waals surface area contributed by atoms with Crippen molar-refractivity contribution < 1.29 is 23.5 Å². The number of carboxylic acid groups (broad SMARTS) is 1. The first-order chi connectivity index (χ1) is 16.3. The van der Waals surface area contributed by atoms with Crippen LogP contribution in [0, 0.1) is 29.2 Å². The molecule has 0 spiro atoms. The number of carbonyl (C=O) groups excluding carboxylic acids is 1. The number of carboxylic acids is 1. The number of fused-ring (bicyclic) bond motifs is 1. The van der Waals surface area contributed by atoms with E-state index in [9.17, 15) is 19.1 Å². The highest BCUT2D eigenvalue weighted by Crippen LogP contribution is 2.40. The van der Waals surface area contributed by atoms with Gasteiger partial charge >= 0.3 is 5.97 Å². The number of likely N-dealkylation sites (tertiary alicyclic amines) is 1. The van der Waals surface area contributed by atoms with Gasteiger partial charge < -0.3 is 25.1 Å². The van der Waals surface area contributed by atoms with Gasteiger partial charge in [-0.1, -0.05) is 25.5 Å². The molecule has 1 aromatic carbocycles. The number of benzene rings is 1. The van der Waals surface area contributed by atoms with Crippen LogP contribution in [-0.2, 0) is 9.59 Å². The van der Waals surface area contributed by atoms with Gasteiger partial charge in [-0.3, -0.25) is 9.59 Å². The Balaban J connectivity index is 1.54. The summed E-state index contributed by atoms with van der Waals surface area (Å²) in [5, 5.41) is 21.7. The van der Waals surface area contributed by atoms with Gasteiger partial charge in [0.25, 0.3) is 6.01 Å². The number of nitrogens with one attached hydrogen (secondary N) is 2. The molecule has 3 N–H and O–H groups in total. The number of piperidine rings is 1. The second-order valence-electron chi connectivity index (χ2n) is 9.44. The first-order valence-electron chi connectivity index (χ1n) is 12.0. The van der Waals surface area contributed by atoms with Crippen LogP contribution in [0.3, 0.4) is 0 Å². The molecule has 1 aliphatic heterocycles. The Morgan fingerprint density at radius 3 is 2.71 bits per heavy atom. The van der Waals surface area contributed by atoms with Gasteiger partial charge in [0.05, 0.1) is 5.92 Å². The van der Waals surface area contributed by atoms with E-state index >= 15 is 0 Å². The SMILES string of the molecule is CNc1cccc(-c2ccc(F)o2)c1C(=N)C(C)CC(=O)N1CCCC2C(C(=O)O)CCCC21. The van der Waals surface area contributed by atoms with Crippen LogP contribution < -0.4 is 5.32 Å². The molecule has 2 fully saturated rings. The van der Waals surface area contributed by atoms with Gasteiger partial charge in [-0.15, -0.1) is 0 Å². The summed E-state index contributed by atoms with van der Waals surface area (Å²) in [4.78, 5) is 27.0. The van der Waals surface area contributed by atoms with Crippen molar-refractivity contribution in [1.82, 2.24) is 4.90 Å². The molecule has 4 rings (SSSR count). The maximum absolute atomic E-state index is 13.6. The molecule has 4 atom stereocenters. The third-order valence-corrected chi connectivity index (χ3v) is 7.42. The second kappa shape index (κ2) is 9.99. The number of furan rings is 1. The van der Waals surface area contributed by atoms with Crippen LogP contribution in [0.25, 0.3) is 11.3 Å². The largest absolute Gasteiger partial charge is 0.481 e. The van der Waals surface area contributed by atoms with Gasteiger partial charge in [-0.2, -0.15) is 4.39 Å². The molecule has 2 heterocycles. The number of hydrogen-bond acceptors (Lipinski definition) is 5. The summed E-state index contributed by atoms with van der Waals surface area (Å²) in [7, 11) is 1.75. The maximum atomic E-state index is 13.6. The quantitative estimate of drug-likeness (QED) is 0.494. The molecule has 1 aliphatic carbocycles. The molecular weight excluding hydrogens is 437 g/mol. The molecule has 2 aromatic rings. The van der Waals surface area contributed by atoms with Crippen molar-refractivity contribution in [2.45, 2.75) is 51.5 Å². The molecule has 7 nitrogen and oxygen atoms in total. The minimum Gasteiger partial charge on any atom is -0.481 e. The third-order valence-electron chi connectivity index (χ3n) is 7.42. The van der Waals surface area contributed by atoms with Crippen LogP contribution in [0.1, 0.15) is 51.0 Å². The maximum Gasteiger partial charge on any atom is 0.306 e. The number of aliphatic carboxylic acids is 1. The fourth-order valence-electron chi connectivity index (χ4n) is 5.75. The van der Waals surface area contributed by atoms with Gasteiger partial charge in [-0.25, -0.2) is 0 Å². The lowest BCUT2D eigenvalue weighted by atomic mass is 9.71. The number of carbonyl (C=O) groups is 2. The minimum absolute atomic E-state index is 0.00387. The van der Waals surface area contributed by atoms with Crippen LogP contribution in [0.5, 0.6) is 0 Å². The molecule has 1 saturated carbocycles. The van der Waals surface area contributed by atoms with Crippen molar-refractivity contribution in [3.63, 3.8) is 0 Å². The highest BCUT2D eigenvalue weighted by Gasteiger charge is 2.43. The number of rotatable bonds is 7. The van der Waals surface area contributed by atoms with E-state index in [1.54, 1.807) is 13.1 Å². The molecule has 8 heteroatoms. The fourth-order valence-corrected chi connectivity index (χ4v) is 5.75. The Bertz CT molecular complexity index is 1080. The van der Waals surface area contributed by atoms with Crippen LogP contribution in [0.4, 0.5) is 10.1 Å². The Hall–Kier alpha value is -3.16. The van der Waals surface area contributed by atoms with Crippen molar-refractivity contribution in [2.75, 3.05) is 18.9 Å². The zero-order chi connectivity index (χ0) is 24.4. The Morgan fingerprint density at radius 2 is 2.03 bits per heavy atom. The summed E-state index contributed by atoms with van der Waals surface area (Å²) in [6, 6.07) is 7.46. The summed E-state index contributed by atoms with van der Waals surface area (Å²) < 4.78 is 18.7. The fraction of sp³-hybridized carbons (Fsp3) is 0.500. The molecule has 1 saturated heterocycles. The molecule has 0 bridgehead atoms. The first kappa shape index (κ1) is 24.0. The van der Waals surface area contributed by atoms with Gasteiger partial charge in [-0.05, 0) is 43.7 Å². The van der Waals surface area contributed by atoms with E-state index in [0.29, 0.717) is 35.5 Å². The molecule has 182 valence electrons. The summed E-state index contributed by atoms with van der Waals surface area (Å²) in [5.41, 5.74) is 2.15. The van der Waals surface area contributed by atoms with Crippen LogP contribution in [0.2, 0.25) is 0 Å². The van der Waals surface area contributed by atoms with Crippen molar-refractivity contribution >= 4 is 23.3 Å². The first-order valence-corrected chi connectivity index (χ1v) is 12.0.